The molecule has 1 aromatic heterocycles. The highest BCUT2D eigenvalue weighted by Gasteiger charge is 2.20. The topological polar surface area (TPSA) is 54.5 Å². The molecule has 0 atom stereocenters. The first-order valence-electron chi connectivity index (χ1n) is 8.20. The van der Waals surface area contributed by atoms with Crippen molar-refractivity contribution in [2.75, 3.05) is 26.0 Å². The van der Waals surface area contributed by atoms with E-state index in [0.29, 0.717) is 10.7 Å². The van der Waals surface area contributed by atoms with Crippen LogP contribution in [0.2, 0.25) is 0 Å². The van der Waals surface area contributed by atoms with E-state index in [1.54, 1.807) is 24.5 Å². The number of methoxy groups -OCH3 is 1. The minimum absolute atomic E-state index is 0.140. The number of thiazole rings is 1. The van der Waals surface area contributed by atoms with Crippen molar-refractivity contribution in [1.82, 2.24) is 9.88 Å². The van der Waals surface area contributed by atoms with Crippen LogP contribution in [-0.4, -0.2) is 36.5 Å². The van der Waals surface area contributed by atoms with Crippen LogP contribution in [0.3, 0.4) is 0 Å². The number of ether oxygens (including phenoxy) is 1. The smallest absolute Gasteiger partial charge is 0.258 e. The highest BCUT2D eigenvalue weighted by Crippen LogP contribution is 2.31. The van der Waals surface area contributed by atoms with Gasteiger partial charge >= 0.3 is 0 Å². The standard InChI is InChI=1S/C19H19N3O2S/c1-22-10-9-15-17(11-22)25-19(20-15)21-18(23)14-7-8-16(24-2)13-6-4-3-5-12(13)14/h3-8H,9-11H2,1-2H3,(H,20,21,23). The number of benzene rings is 2. The molecule has 2 aromatic carbocycles. The van der Waals surface area contributed by atoms with E-state index in [1.165, 1.54) is 4.88 Å². The molecule has 0 spiro atoms. The van der Waals surface area contributed by atoms with Crippen LogP contribution in [0.4, 0.5) is 5.13 Å². The van der Waals surface area contributed by atoms with Crippen molar-refractivity contribution in [3.8, 4) is 5.75 Å². The van der Waals surface area contributed by atoms with Crippen molar-refractivity contribution >= 4 is 33.1 Å². The summed E-state index contributed by atoms with van der Waals surface area (Å²) in [6, 6.07) is 11.4. The van der Waals surface area contributed by atoms with E-state index in [0.717, 1.165) is 41.7 Å². The number of hydrogen-bond donors (Lipinski definition) is 1. The molecule has 128 valence electrons. The first-order valence-corrected chi connectivity index (χ1v) is 9.01. The number of likely N-dealkylation sites (N-methyl/N-ethyl adjacent to an activating group) is 1. The van der Waals surface area contributed by atoms with Crippen LogP contribution in [0.1, 0.15) is 20.9 Å². The fourth-order valence-corrected chi connectivity index (χ4v) is 4.27. The van der Waals surface area contributed by atoms with E-state index in [4.69, 9.17) is 4.74 Å². The minimum atomic E-state index is -0.140. The van der Waals surface area contributed by atoms with Gasteiger partial charge in [0.25, 0.3) is 5.91 Å². The fraction of sp³-hybridized carbons (Fsp3) is 0.263. The summed E-state index contributed by atoms with van der Waals surface area (Å²) in [5.74, 6) is 0.623. The lowest BCUT2D eigenvalue weighted by Gasteiger charge is -2.20. The van der Waals surface area contributed by atoms with E-state index in [2.05, 4.69) is 22.2 Å². The fourth-order valence-electron chi connectivity index (χ4n) is 3.19. The van der Waals surface area contributed by atoms with E-state index < -0.39 is 0 Å². The molecule has 4 rings (SSSR count). The molecule has 6 heteroatoms. The van der Waals surface area contributed by atoms with E-state index in [9.17, 15) is 4.79 Å². The molecule has 0 aliphatic carbocycles. The predicted octanol–water partition coefficient (Wildman–Crippen LogP) is 3.55. The maximum Gasteiger partial charge on any atom is 0.258 e. The Bertz CT molecular complexity index is 951. The Hall–Kier alpha value is -2.44. The molecule has 1 N–H and O–H groups in total. The van der Waals surface area contributed by atoms with Gasteiger partial charge in [0.15, 0.2) is 5.13 Å². The maximum atomic E-state index is 12.8. The molecule has 0 saturated heterocycles. The van der Waals surface area contributed by atoms with Crippen molar-refractivity contribution in [3.63, 3.8) is 0 Å². The molecule has 1 aliphatic rings. The second-order valence-corrected chi connectivity index (χ2v) is 7.28. The Labute approximate surface area is 150 Å². The quantitative estimate of drug-likeness (QED) is 0.782. The molecule has 5 nitrogen and oxygen atoms in total. The molecule has 1 aliphatic heterocycles. The van der Waals surface area contributed by atoms with E-state index in [-0.39, 0.29) is 5.91 Å². The number of nitrogens with one attached hydrogen (secondary N) is 1. The monoisotopic (exact) mass is 353 g/mol. The first kappa shape index (κ1) is 16.1. The third-order valence-electron chi connectivity index (χ3n) is 4.49. The zero-order chi connectivity index (χ0) is 17.4. The second kappa shape index (κ2) is 6.46. The van der Waals surface area contributed by atoms with Gasteiger partial charge in [0, 0.05) is 35.3 Å². The highest BCUT2D eigenvalue weighted by molar-refractivity contribution is 7.15. The Morgan fingerprint density at radius 3 is 2.84 bits per heavy atom. The lowest BCUT2D eigenvalue weighted by molar-refractivity contribution is 0.102. The van der Waals surface area contributed by atoms with E-state index >= 15 is 0 Å². The van der Waals surface area contributed by atoms with Gasteiger partial charge in [-0.15, -0.1) is 11.3 Å². The number of fused-ring (bicyclic) bond motifs is 2. The number of aromatic nitrogens is 1. The maximum absolute atomic E-state index is 12.8. The number of carbonyl (C=O) groups is 1. The van der Waals surface area contributed by atoms with Gasteiger partial charge in [-0.25, -0.2) is 4.98 Å². The molecule has 3 aromatic rings. The van der Waals surface area contributed by atoms with Crippen molar-refractivity contribution < 1.29 is 9.53 Å². The summed E-state index contributed by atoms with van der Waals surface area (Å²) >= 11 is 1.57. The Kier molecular flexibility index (Phi) is 4.15. The van der Waals surface area contributed by atoms with Crippen LogP contribution >= 0.6 is 11.3 Å². The number of anilines is 1. The minimum Gasteiger partial charge on any atom is -0.496 e. The van der Waals surface area contributed by atoms with Crippen molar-refractivity contribution in [2.24, 2.45) is 0 Å². The van der Waals surface area contributed by atoms with Gasteiger partial charge in [0.05, 0.1) is 12.8 Å². The van der Waals surface area contributed by atoms with Crippen LogP contribution in [-0.2, 0) is 13.0 Å². The van der Waals surface area contributed by atoms with Crippen LogP contribution in [0.15, 0.2) is 36.4 Å². The number of nitrogens with zero attached hydrogens (tertiary/aromatic N) is 2. The van der Waals surface area contributed by atoms with Crippen molar-refractivity contribution in [3.05, 3.63) is 52.5 Å². The summed E-state index contributed by atoms with van der Waals surface area (Å²) < 4.78 is 5.40. The Morgan fingerprint density at radius 2 is 2.04 bits per heavy atom. The van der Waals surface area contributed by atoms with Crippen molar-refractivity contribution in [1.29, 1.82) is 0 Å². The lowest BCUT2D eigenvalue weighted by Crippen LogP contribution is -2.25. The molecule has 1 amide bonds. The first-order chi connectivity index (χ1) is 12.2. The number of amides is 1. The van der Waals surface area contributed by atoms with Crippen molar-refractivity contribution in [2.45, 2.75) is 13.0 Å². The summed E-state index contributed by atoms with van der Waals surface area (Å²) in [7, 11) is 3.74. The van der Waals surface area contributed by atoms with Gasteiger partial charge in [-0.2, -0.15) is 0 Å². The molecule has 0 saturated carbocycles. The summed E-state index contributed by atoms with van der Waals surface area (Å²) in [6.07, 6.45) is 0.934. The molecule has 0 fully saturated rings. The van der Waals surface area contributed by atoms with Gasteiger partial charge in [-0.05, 0) is 24.6 Å². The third-order valence-corrected chi connectivity index (χ3v) is 5.49. The highest BCUT2D eigenvalue weighted by atomic mass is 32.1. The largest absolute Gasteiger partial charge is 0.496 e. The van der Waals surface area contributed by atoms with Crippen LogP contribution < -0.4 is 10.1 Å². The molecular weight excluding hydrogens is 334 g/mol. The van der Waals surface area contributed by atoms with E-state index in [1.807, 2.05) is 30.3 Å². The molecule has 25 heavy (non-hydrogen) atoms. The average Bonchev–Trinajstić information content (AvgIpc) is 3.01. The molecule has 0 radical (unpaired) electrons. The number of carbonyl (C=O) groups excluding carboxylic acids is 1. The second-order valence-electron chi connectivity index (χ2n) is 6.19. The van der Waals surface area contributed by atoms with Crippen LogP contribution in [0.5, 0.6) is 5.75 Å². The van der Waals surface area contributed by atoms with Gasteiger partial charge in [0.1, 0.15) is 5.75 Å². The SMILES string of the molecule is COc1ccc(C(=O)Nc2nc3c(s2)CN(C)CC3)c2ccccc12. The Balaban J connectivity index is 1.65. The summed E-state index contributed by atoms with van der Waals surface area (Å²) in [4.78, 5) is 20.9. The number of rotatable bonds is 3. The normalized spacial score (nSPS) is 14.3. The summed E-state index contributed by atoms with van der Waals surface area (Å²) in [6.45, 7) is 1.90. The lowest BCUT2D eigenvalue weighted by atomic mass is 10.0. The Morgan fingerprint density at radius 1 is 1.24 bits per heavy atom. The van der Waals surface area contributed by atoms with Gasteiger partial charge < -0.3 is 9.64 Å². The van der Waals surface area contributed by atoms with Crippen LogP contribution in [0.25, 0.3) is 10.8 Å². The predicted molar refractivity (Wildman–Crippen MR) is 101 cm³/mol. The zero-order valence-corrected chi connectivity index (χ0v) is 15.0. The third kappa shape index (κ3) is 2.99. The van der Waals surface area contributed by atoms with Gasteiger partial charge in [-0.3, -0.25) is 10.1 Å². The summed E-state index contributed by atoms with van der Waals surface area (Å²) in [5.41, 5.74) is 1.74. The van der Waals surface area contributed by atoms with Gasteiger partial charge in [0.2, 0.25) is 0 Å². The molecular formula is C19H19N3O2S. The summed E-state index contributed by atoms with van der Waals surface area (Å²) in [5, 5.41) is 5.44. The number of hydrogen-bond acceptors (Lipinski definition) is 5. The molecule has 2 heterocycles. The van der Waals surface area contributed by atoms with Gasteiger partial charge in [-0.1, -0.05) is 24.3 Å². The van der Waals surface area contributed by atoms with Crippen LogP contribution in [0, 0.1) is 0 Å². The molecule has 0 bridgehead atoms. The molecule has 0 unspecified atom stereocenters. The average molecular weight is 353 g/mol. The zero-order valence-electron chi connectivity index (χ0n) is 14.2.